The van der Waals surface area contributed by atoms with Crippen molar-refractivity contribution in [1.82, 2.24) is 9.55 Å². The van der Waals surface area contributed by atoms with Gasteiger partial charge in [-0.05, 0) is 56.7 Å². The first-order valence-corrected chi connectivity index (χ1v) is 12.5. The molecular formula is C24H19ClF3N3O2S2. The molecule has 2 aromatic heterocycles. The SMILES string of the molecule is Cc1ccc(-n2c(SCC(=O)Nc3cc(C(F)(F)F)ccc3Cl)nc3sc(C)c(C)c3c2=O)cc1. The number of amides is 1. The van der Waals surface area contributed by atoms with Crippen molar-refractivity contribution in [2.24, 2.45) is 0 Å². The maximum Gasteiger partial charge on any atom is 0.416 e. The molecule has 0 aliphatic carbocycles. The lowest BCUT2D eigenvalue weighted by Gasteiger charge is -2.14. The minimum atomic E-state index is -4.57. The number of hydrogen-bond donors (Lipinski definition) is 1. The predicted molar refractivity (Wildman–Crippen MR) is 135 cm³/mol. The number of carbonyl (C=O) groups excluding carboxylic acids is 1. The van der Waals surface area contributed by atoms with E-state index in [-0.39, 0.29) is 22.0 Å². The fourth-order valence-electron chi connectivity index (χ4n) is 3.41. The lowest BCUT2D eigenvalue weighted by molar-refractivity contribution is -0.137. The zero-order valence-electron chi connectivity index (χ0n) is 18.8. The number of nitrogens with one attached hydrogen (secondary N) is 1. The van der Waals surface area contributed by atoms with Crippen LogP contribution in [-0.4, -0.2) is 21.2 Å². The highest BCUT2D eigenvalue weighted by atomic mass is 35.5. The van der Waals surface area contributed by atoms with Gasteiger partial charge in [0.15, 0.2) is 5.16 Å². The molecule has 5 nitrogen and oxygen atoms in total. The molecule has 4 aromatic rings. The van der Waals surface area contributed by atoms with Crippen molar-refractivity contribution in [1.29, 1.82) is 0 Å². The van der Waals surface area contributed by atoms with E-state index in [1.165, 1.54) is 15.9 Å². The molecule has 0 saturated heterocycles. The molecule has 0 spiro atoms. The lowest BCUT2D eigenvalue weighted by atomic mass is 10.2. The van der Waals surface area contributed by atoms with Gasteiger partial charge < -0.3 is 5.32 Å². The summed E-state index contributed by atoms with van der Waals surface area (Å²) in [6.07, 6.45) is -4.57. The molecular weight excluding hydrogens is 519 g/mol. The van der Waals surface area contributed by atoms with Crippen LogP contribution in [0.25, 0.3) is 15.9 Å². The number of anilines is 1. The average molecular weight is 538 g/mol. The summed E-state index contributed by atoms with van der Waals surface area (Å²) in [5, 5.41) is 3.23. The summed E-state index contributed by atoms with van der Waals surface area (Å²) in [7, 11) is 0. The number of thiophene rings is 1. The Morgan fingerprint density at radius 2 is 1.83 bits per heavy atom. The van der Waals surface area contributed by atoms with E-state index in [0.29, 0.717) is 21.1 Å². The normalized spacial score (nSPS) is 11.7. The Balaban J connectivity index is 1.67. The van der Waals surface area contributed by atoms with Crippen LogP contribution in [0.5, 0.6) is 0 Å². The molecule has 2 heterocycles. The maximum atomic E-state index is 13.5. The summed E-state index contributed by atoms with van der Waals surface area (Å²) < 4.78 is 40.6. The van der Waals surface area contributed by atoms with Crippen LogP contribution in [-0.2, 0) is 11.0 Å². The molecule has 1 amide bonds. The number of benzene rings is 2. The number of rotatable bonds is 5. The third kappa shape index (κ3) is 5.24. The molecule has 0 saturated carbocycles. The van der Waals surface area contributed by atoms with Crippen LogP contribution in [0, 0.1) is 20.8 Å². The van der Waals surface area contributed by atoms with Gasteiger partial charge in [-0.25, -0.2) is 4.98 Å². The quantitative estimate of drug-likeness (QED) is 0.225. The van der Waals surface area contributed by atoms with Gasteiger partial charge in [0, 0.05) is 4.88 Å². The second kappa shape index (κ2) is 9.67. The number of nitrogens with zero attached hydrogens (tertiary/aromatic N) is 2. The standard InChI is InChI=1S/C24H19ClF3N3O2S2/c1-12-4-7-16(8-5-12)31-22(33)20-13(2)14(3)35-21(20)30-23(31)34-11-19(32)29-18-10-15(24(26,27)28)6-9-17(18)25/h4-10H,11H2,1-3H3,(H,29,32). The van der Waals surface area contributed by atoms with E-state index >= 15 is 0 Å². The van der Waals surface area contributed by atoms with Crippen LogP contribution in [0.2, 0.25) is 5.02 Å². The monoisotopic (exact) mass is 537 g/mol. The number of hydrogen-bond acceptors (Lipinski definition) is 5. The number of halogens is 4. The Hall–Kier alpha value is -2.82. The minimum Gasteiger partial charge on any atom is -0.324 e. The molecule has 0 radical (unpaired) electrons. The molecule has 0 fully saturated rings. The van der Waals surface area contributed by atoms with E-state index in [9.17, 15) is 22.8 Å². The molecule has 0 aliphatic heterocycles. The Morgan fingerprint density at radius 3 is 2.49 bits per heavy atom. The summed E-state index contributed by atoms with van der Waals surface area (Å²) in [6, 6.07) is 10.0. The van der Waals surface area contributed by atoms with Gasteiger partial charge >= 0.3 is 6.18 Å². The Kier molecular flexibility index (Phi) is 6.99. The first kappa shape index (κ1) is 25.3. The fraction of sp³-hybridized carbons (Fsp3) is 0.208. The van der Waals surface area contributed by atoms with E-state index in [2.05, 4.69) is 10.3 Å². The summed E-state index contributed by atoms with van der Waals surface area (Å²) in [6.45, 7) is 5.71. The number of aromatic nitrogens is 2. The van der Waals surface area contributed by atoms with Crippen molar-refractivity contribution < 1.29 is 18.0 Å². The Morgan fingerprint density at radius 1 is 1.14 bits per heavy atom. The van der Waals surface area contributed by atoms with Gasteiger partial charge in [0.1, 0.15) is 4.83 Å². The zero-order valence-corrected chi connectivity index (χ0v) is 21.2. The van der Waals surface area contributed by atoms with E-state index in [1.54, 1.807) is 12.1 Å². The highest BCUT2D eigenvalue weighted by molar-refractivity contribution is 7.99. The van der Waals surface area contributed by atoms with Gasteiger partial charge in [0.05, 0.1) is 33.1 Å². The van der Waals surface area contributed by atoms with Gasteiger partial charge in [-0.15, -0.1) is 11.3 Å². The van der Waals surface area contributed by atoms with Crippen molar-refractivity contribution >= 4 is 56.5 Å². The van der Waals surface area contributed by atoms with Crippen molar-refractivity contribution in [3.63, 3.8) is 0 Å². The second-order valence-electron chi connectivity index (χ2n) is 7.86. The third-order valence-corrected chi connectivity index (χ3v) is 7.73. The van der Waals surface area contributed by atoms with Gasteiger partial charge in [0.2, 0.25) is 5.91 Å². The van der Waals surface area contributed by atoms with E-state index in [4.69, 9.17) is 11.6 Å². The van der Waals surface area contributed by atoms with Crippen molar-refractivity contribution in [3.05, 3.63) is 79.4 Å². The van der Waals surface area contributed by atoms with Crippen molar-refractivity contribution in [2.45, 2.75) is 32.1 Å². The molecule has 182 valence electrons. The molecule has 0 unspecified atom stereocenters. The minimum absolute atomic E-state index is 0.0167. The highest BCUT2D eigenvalue weighted by Gasteiger charge is 2.31. The summed E-state index contributed by atoms with van der Waals surface area (Å²) >= 11 is 8.39. The average Bonchev–Trinajstić information content (AvgIpc) is 3.07. The van der Waals surface area contributed by atoms with Crippen LogP contribution >= 0.6 is 34.7 Å². The van der Waals surface area contributed by atoms with Crippen LogP contribution < -0.4 is 10.9 Å². The predicted octanol–water partition coefficient (Wildman–Crippen LogP) is 6.78. The number of aryl methyl sites for hydroxylation is 3. The topological polar surface area (TPSA) is 64.0 Å². The first-order valence-electron chi connectivity index (χ1n) is 10.3. The molecule has 4 rings (SSSR count). The van der Waals surface area contributed by atoms with Gasteiger partial charge in [-0.1, -0.05) is 41.1 Å². The van der Waals surface area contributed by atoms with E-state index < -0.39 is 17.6 Å². The number of alkyl halides is 3. The van der Waals surface area contributed by atoms with Gasteiger partial charge in [-0.2, -0.15) is 13.2 Å². The zero-order chi connectivity index (χ0) is 25.5. The molecule has 2 aromatic carbocycles. The summed E-state index contributed by atoms with van der Waals surface area (Å²) in [5.41, 5.74) is 1.16. The van der Waals surface area contributed by atoms with Gasteiger partial charge in [-0.3, -0.25) is 14.2 Å². The molecule has 0 aliphatic rings. The second-order valence-corrected chi connectivity index (χ2v) is 10.4. The number of thioether (sulfide) groups is 1. The highest BCUT2D eigenvalue weighted by Crippen LogP contribution is 2.34. The molecule has 35 heavy (non-hydrogen) atoms. The van der Waals surface area contributed by atoms with Crippen LogP contribution in [0.4, 0.5) is 18.9 Å². The Bertz CT molecular complexity index is 1500. The lowest BCUT2D eigenvalue weighted by Crippen LogP contribution is -2.23. The van der Waals surface area contributed by atoms with E-state index in [0.717, 1.165) is 46.0 Å². The van der Waals surface area contributed by atoms with Gasteiger partial charge in [0.25, 0.3) is 5.56 Å². The molecule has 1 N–H and O–H groups in total. The Labute approximate surface area is 212 Å². The third-order valence-electron chi connectivity index (χ3n) is 5.36. The fourth-order valence-corrected chi connectivity index (χ4v) is 5.46. The molecule has 0 bridgehead atoms. The smallest absolute Gasteiger partial charge is 0.324 e. The van der Waals surface area contributed by atoms with Crippen LogP contribution in [0.15, 0.2) is 52.4 Å². The molecule has 11 heteroatoms. The van der Waals surface area contributed by atoms with Crippen molar-refractivity contribution in [2.75, 3.05) is 11.1 Å². The largest absolute Gasteiger partial charge is 0.416 e. The maximum absolute atomic E-state index is 13.5. The number of fused-ring (bicyclic) bond motifs is 1. The number of carbonyl (C=O) groups is 1. The van der Waals surface area contributed by atoms with E-state index in [1.807, 2.05) is 32.9 Å². The summed E-state index contributed by atoms with van der Waals surface area (Å²) in [4.78, 5) is 32.3. The van der Waals surface area contributed by atoms with Crippen LogP contribution in [0.1, 0.15) is 21.6 Å². The van der Waals surface area contributed by atoms with Crippen LogP contribution in [0.3, 0.4) is 0 Å². The first-order chi connectivity index (χ1) is 16.5. The molecule has 0 atom stereocenters. The summed E-state index contributed by atoms with van der Waals surface area (Å²) in [5.74, 6) is -0.778. The van der Waals surface area contributed by atoms with Crippen molar-refractivity contribution in [3.8, 4) is 5.69 Å².